The summed E-state index contributed by atoms with van der Waals surface area (Å²) in [6.07, 6.45) is 0.634. The lowest BCUT2D eigenvalue weighted by Crippen LogP contribution is -2.12. The number of thiophene rings is 1. The zero-order valence-corrected chi connectivity index (χ0v) is 10.9. The van der Waals surface area contributed by atoms with Crippen LogP contribution in [-0.2, 0) is 6.42 Å². The molecule has 0 saturated heterocycles. The number of benzene rings is 1. The Kier molecular flexibility index (Phi) is 3.74. The van der Waals surface area contributed by atoms with Gasteiger partial charge in [-0.25, -0.2) is 4.39 Å². The van der Waals surface area contributed by atoms with E-state index in [2.05, 4.69) is 15.9 Å². The van der Waals surface area contributed by atoms with Crippen molar-refractivity contribution < 1.29 is 4.39 Å². The van der Waals surface area contributed by atoms with E-state index in [4.69, 9.17) is 5.73 Å². The van der Waals surface area contributed by atoms with E-state index in [1.54, 1.807) is 17.4 Å². The highest BCUT2D eigenvalue weighted by Crippen LogP contribution is 2.24. The van der Waals surface area contributed by atoms with Gasteiger partial charge < -0.3 is 5.73 Å². The molecule has 0 saturated carbocycles. The van der Waals surface area contributed by atoms with Crippen molar-refractivity contribution in [3.8, 4) is 0 Å². The van der Waals surface area contributed by atoms with Gasteiger partial charge in [-0.2, -0.15) is 11.3 Å². The number of nitrogens with two attached hydrogens (primary N) is 1. The number of rotatable bonds is 3. The molecule has 0 amide bonds. The van der Waals surface area contributed by atoms with Gasteiger partial charge in [-0.15, -0.1) is 0 Å². The van der Waals surface area contributed by atoms with Crippen molar-refractivity contribution in [3.05, 3.63) is 56.4 Å². The van der Waals surface area contributed by atoms with Crippen LogP contribution in [0.5, 0.6) is 0 Å². The molecule has 0 bridgehead atoms. The highest BCUT2D eigenvalue weighted by molar-refractivity contribution is 9.10. The molecule has 4 heteroatoms. The van der Waals surface area contributed by atoms with Gasteiger partial charge >= 0.3 is 0 Å². The molecule has 1 heterocycles. The maximum absolute atomic E-state index is 13.1. The van der Waals surface area contributed by atoms with Gasteiger partial charge in [0.15, 0.2) is 0 Å². The van der Waals surface area contributed by atoms with E-state index in [9.17, 15) is 4.39 Å². The lowest BCUT2D eigenvalue weighted by molar-refractivity contribution is 0.621. The fourth-order valence-electron chi connectivity index (χ4n) is 1.54. The van der Waals surface area contributed by atoms with Crippen LogP contribution in [0, 0.1) is 5.82 Å². The highest BCUT2D eigenvalue weighted by Gasteiger charge is 2.10. The Hall–Kier alpha value is -0.710. The lowest BCUT2D eigenvalue weighted by Gasteiger charge is -2.11. The summed E-state index contributed by atoms with van der Waals surface area (Å²) in [5.74, 6) is -0.226. The highest BCUT2D eigenvalue weighted by atomic mass is 79.9. The summed E-state index contributed by atoms with van der Waals surface area (Å²) in [7, 11) is 0. The molecule has 1 atom stereocenters. The van der Waals surface area contributed by atoms with Crippen molar-refractivity contribution in [1.29, 1.82) is 0 Å². The summed E-state index contributed by atoms with van der Waals surface area (Å²) in [4.78, 5) is 0. The third-order valence-corrected chi connectivity index (χ3v) is 3.89. The molecule has 1 aromatic heterocycles. The van der Waals surface area contributed by atoms with Crippen LogP contribution in [-0.4, -0.2) is 0 Å². The van der Waals surface area contributed by atoms with Crippen molar-refractivity contribution in [1.82, 2.24) is 0 Å². The van der Waals surface area contributed by atoms with Crippen molar-refractivity contribution in [2.45, 2.75) is 12.5 Å². The van der Waals surface area contributed by atoms with Crippen LogP contribution in [0.4, 0.5) is 4.39 Å². The van der Waals surface area contributed by atoms with E-state index in [1.165, 1.54) is 12.1 Å². The molecule has 0 aliphatic rings. The molecular formula is C12H11BrFNS. The average Bonchev–Trinajstić information content (AvgIpc) is 2.76. The van der Waals surface area contributed by atoms with Crippen LogP contribution in [0.25, 0.3) is 0 Å². The van der Waals surface area contributed by atoms with Crippen molar-refractivity contribution in [2.24, 2.45) is 5.73 Å². The van der Waals surface area contributed by atoms with Gasteiger partial charge in [0, 0.05) is 10.5 Å². The number of hydrogen-bond donors (Lipinski definition) is 1. The summed E-state index contributed by atoms with van der Waals surface area (Å²) in [5.41, 5.74) is 8.05. The molecule has 2 N–H and O–H groups in total. The van der Waals surface area contributed by atoms with E-state index in [0.29, 0.717) is 6.42 Å². The molecule has 0 aliphatic heterocycles. The third-order valence-electron chi connectivity index (χ3n) is 2.42. The smallest absolute Gasteiger partial charge is 0.123 e. The molecule has 0 fully saturated rings. The van der Waals surface area contributed by atoms with Crippen LogP contribution in [0.1, 0.15) is 17.2 Å². The standard InChI is InChI=1S/C12H11BrFNS/c13-11-2-1-10(14)5-9(11)6-12(15)8-3-4-16-7-8/h1-5,7,12H,6,15H2. The molecule has 1 aromatic carbocycles. The second-order valence-electron chi connectivity index (χ2n) is 3.60. The fraction of sp³-hybridized carbons (Fsp3) is 0.167. The van der Waals surface area contributed by atoms with Crippen molar-refractivity contribution in [3.63, 3.8) is 0 Å². The molecular weight excluding hydrogens is 289 g/mol. The summed E-state index contributed by atoms with van der Waals surface area (Å²) in [6.45, 7) is 0. The van der Waals surface area contributed by atoms with E-state index < -0.39 is 0 Å². The minimum atomic E-state index is -0.226. The maximum atomic E-state index is 13.1. The average molecular weight is 300 g/mol. The van der Waals surface area contributed by atoms with E-state index >= 15 is 0 Å². The Morgan fingerprint density at radius 1 is 1.38 bits per heavy atom. The first-order chi connectivity index (χ1) is 7.66. The molecule has 2 aromatic rings. The molecule has 16 heavy (non-hydrogen) atoms. The second kappa shape index (κ2) is 5.08. The zero-order valence-electron chi connectivity index (χ0n) is 8.49. The van der Waals surface area contributed by atoms with Gasteiger partial charge in [0.25, 0.3) is 0 Å². The minimum absolute atomic E-state index is 0.0793. The van der Waals surface area contributed by atoms with E-state index in [0.717, 1.165) is 15.6 Å². The zero-order chi connectivity index (χ0) is 11.5. The first kappa shape index (κ1) is 11.8. The molecule has 1 nitrogen and oxygen atoms in total. The largest absolute Gasteiger partial charge is 0.324 e. The third kappa shape index (κ3) is 2.70. The normalized spacial score (nSPS) is 12.7. The number of hydrogen-bond acceptors (Lipinski definition) is 2. The molecule has 0 radical (unpaired) electrons. The van der Waals surface area contributed by atoms with Crippen LogP contribution >= 0.6 is 27.3 Å². The molecule has 2 rings (SSSR count). The molecule has 1 unspecified atom stereocenters. The van der Waals surface area contributed by atoms with Crippen LogP contribution < -0.4 is 5.73 Å². The Bertz CT molecular complexity index is 470. The predicted octanol–water partition coefficient (Wildman–Crippen LogP) is 3.89. The van der Waals surface area contributed by atoms with Gasteiger partial charge in [0.05, 0.1) is 0 Å². The Morgan fingerprint density at radius 3 is 2.88 bits per heavy atom. The monoisotopic (exact) mass is 299 g/mol. The summed E-state index contributed by atoms with van der Waals surface area (Å²) in [5, 5.41) is 4.02. The first-order valence-electron chi connectivity index (χ1n) is 4.88. The van der Waals surface area contributed by atoms with Crippen LogP contribution in [0.15, 0.2) is 39.5 Å². The van der Waals surface area contributed by atoms with Crippen LogP contribution in [0.3, 0.4) is 0 Å². The SMILES string of the molecule is NC(Cc1cc(F)ccc1Br)c1ccsc1. The summed E-state index contributed by atoms with van der Waals surface area (Å²) < 4.78 is 14.0. The van der Waals surface area contributed by atoms with E-state index in [1.807, 2.05) is 16.8 Å². The van der Waals surface area contributed by atoms with E-state index in [-0.39, 0.29) is 11.9 Å². The Labute approximate surface area is 106 Å². The van der Waals surface area contributed by atoms with Gasteiger partial charge in [-0.1, -0.05) is 15.9 Å². The Morgan fingerprint density at radius 2 is 2.19 bits per heavy atom. The topological polar surface area (TPSA) is 26.0 Å². The van der Waals surface area contributed by atoms with Gasteiger partial charge in [-0.3, -0.25) is 0 Å². The number of halogens is 2. The summed E-state index contributed by atoms with van der Waals surface area (Å²) in [6, 6.07) is 6.59. The fourth-order valence-corrected chi connectivity index (χ4v) is 2.67. The van der Waals surface area contributed by atoms with Gasteiger partial charge in [0.2, 0.25) is 0 Å². The predicted molar refractivity (Wildman–Crippen MR) is 69.1 cm³/mol. The van der Waals surface area contributed by atoms with Gasteiger partial charge in [0.1, 0.15) is 5.82 Å². The van der Waals surface area contributed by atoms with Gasteiger partial charge in [-0.05, 0) is 52.6 Å². The lowest BCUT2D eigenvalue weighted by atomic mass is 10.0. The van der Waals surface area contributed by atoms with Crippen molar-refractivity contribution in [2.75, 3.05) is 0 Å². The Balaban J connectivity index is 2.17. The minimum Gasteiger partial charge on any atom is -0.324 e. The molecule has 0 spiro atoms. The quantitative estimate of drug-likeness (QED) is 0.914. The second-order valence-corrected chi connectivity index (χ2v) is 5.24. The molecule has 0 aliphatic carbocycles. The van der Waals surface area contributed by atoms with Crippen LogP contribution in [0.2, 0.25) is 0 Å². The maximum Gasteiger partial charge on any atom is 0.123 e. The van der Waals surface area contributed by atoms with Crippen molar-refractivity contribution >= 4 is 27.3 Å². The first-order valence-corrected chi connectivity index (χ1v) is 6.62. The summed E-state index contributed by atoms with van der Waals surface area (Å²) >= 11 is 5.02. The molecule has 84 valence electrons.